The molecule has 1 saturated carbocycles. The van der Waals surface area contributed by atoms with E-state index < -0.39 is 16.8 Å². The molecule has 1 unspecified atom stereocenters. The van der Waals surface area contributed by atoms with E-state index >= 15 is 0 Å². The topological polar surface area (TPSA) is 67.5 Å². The summed E-state index contributed by atoms with van der Waals surface area (Å²) in [6, 6.07) is 7.01. The molecule has 4 nitrogen and oxygen atoms in total. The van der Waals surface area contributed by atoms with Crippen LogP contribution in [0, 0.1) is 5.92 Å². The van der Waals surface area contributed by atoms with Crippen LogP contribution in [0.15, 0.2) is 28.7 Å². The number of hydrogen-bond donors (Lipinski definition) is 1. The monoisotopic (exact) mass is 306 g/mol. The zero-order chi connectivity index (χ0) is 14.8. The highest BCUT2D eigenvalue weighted by Crippen LogP contribution is 2.26. The number of furan rings is 1. The Kier molecular flexibility index (Phi) is 4.10. The SMILES string of the molecule is O=C(O)c1cc2cc(CS(=O)CC3CCCC3)ccc2o1. The van der Waals surface area contributed by atoms with Crippen molar-refractivity contribution in [2.75, 3.05) is 5.75 Å². The number of carboxylic acids is 1. The Morgan fingerprint density at radius 2 is 2.05 bits per heavy atom. The van der Waals surface area contributed by atoms with E-state index in [0.717, 1.165) is 16.7 Å². The molecule has 21 heavy (non-hydrogen) atoms. The molecule has 5 heteroatoms. The van der Waals surface area contributed by atoms with Crippen molar-refractivity contribution >= 4 is 27.7 Å². The molecule has 0 amide bonds. The van der Waals surface area contributed by atoms with Gasteiger partial charge in [-0.1, -0.05) is 18.9 Å². The molecule has 3 rings (SSSR count). The molecule has 1 fully saturated rings. The van der Waals surface area contributed by atoms with Crippen LogP contribution in [-0.2, 0) is 16.6 Å². The van der Waals surface area contributed by atoms with E-state index in [1.807, 2.05) is 12.1 Å². The summed E-state index contributed by atoms with van der Waals surface area (Å²) < 4.78 is 17.4. The molecule has 112 valence electrons. The van der Waals surface area contributed by atoms with Crippen LogP contribution in [0.4, 0.5) is 0 Å². The fourth-order valence-electron chi connectivity index (χ4n) is 2.97. The number of benzene rings is 1. The smallest absolute Gasteiger partial charge is 0.371 e. The third-order valence-electron chi connectivity index (χ3n) is 4.02. The quantitative estimate of drug-likeness (QED) is 0.917. The first kappa shape index (κ1) is 14.3. The van der Waals surface area contributed by atoms with E-state index in [2.05, 4.69) is 0 Å². The lowest BCUT2D eigenvalue weighted by Crippen LogP contribution is -2.09. The molecular formula is C16H18O4S. The average molecular weight is 306 g/mol. The highest BCUT2D eigenvalue weighted by molar-refractivity contribution is 7.84. The number of hydrogen-bond acceptors (Lipinski definition) is 3. The third-order valence-corrected chi connectivity index (χ3v) is 5.51. The van der Waals surface area contributed by atoms with Crippen molar-refractivity contribution in [2.45, 2.75) is 31.4 Å². The Morgan fingerprint density at radius 1 is 1.29 bits per heavy atom. The van der Waals surface area contributed by atoms with Crippen molar-refractivity contribution in [1.82, 2.24) is 0 Å². The third kappa shape index (κ3) is 3.35. The van der Waals surface area contributed by atoms with Gasteiger partial charge in [-0.3, -0.25) is 4.21 Å². The van der Waals surface area contributed by atoms with Gasteiger partial charge in [-0.05, 0) is 42.5 Å². The molecule has 1 aliphatic carbocycles. The summed E-state index contributed by atoms with van der Waals surface area (Å²) in [5, 5.41) is 9.67. The molecule has 2 aromatic rings. The maximum Gasteiger partial charge on any atom is 0.371 e. The summed E-state index contributed by atoms with van der Waals surface area (Å²) in [7, 11) is -0.853. The standard InChI is InChI=1S/C16H18O4S/c17-16(18)15-8-13-7-12(5-6-14(13)20-15)10-21(19)9-11-3-1-2-4-11/h5-8,11H,1-4,9-10H2,(H,17,18). The summed E-state index contributed by atoms with van der Waals surface area (Å²) in [4.78, 5) is 10.9. The van der Waals surface area contributed by atoms with Gasteiger partial charge >= 0.3 is 5.97 Å². The van der Waals surface area contributed by atoms with E-state index in [-0.39, 0.29) is 5.76 Å². The second kappa shape index (κ2) is 6.02. The predicted octanol–water partition coefficient (Wildman–Crippen LogP) is 3.57. The summed E-state index contributed by atoms with van der Waals surface area (Å²) in [5.41, 5.74) is 1.52. The van der Waals surface area contributed by atoms with E-state index in [4.69, 9.17) is 9.52 Å². The molecule has 1 N–H and O–H groups in total. The Bertz CT molecular complexity index is 683. The molecule has 1 aromatic carbocycles. The van der Waals surface area contributed by atoms with Gasteiger partial charge < -0.3 is 9.52 Å². The van der Waals surface area contributed by atoms with Crippen LogP contribution >= 0.6 is 0 Å². The van der Waals surface area contributed by atoms with Crippen LogP contribution in [0.5, 0.6) is 0 Å². The van der Waals surface area contributed by atoms with Crippen molar-refractivity contribution in [2.24, 2.45) is 5.92 Å². The maximum atomic E-state index is 12.2. The molecule has 1 aliphatic rings. The van der Waals surface area contributed by atoms with Crippen LogP contribution < -0.4 is 0 Å². The molecule has 0 radical (unpaired) electrons. The first-order valence-corrected chi connectivity index (χ1v) is 8.71. The minimum atomic E-state index is -1.07. The summed E-state index contributed by atoms with van der Waals surface area (Å²) >= 11 is 0. The first-order valence-electron chi connectivity index (χ1n) is 7.22. The Hall–Kier alpha value is -1.62. The normalized spacial score (nSPS) is 17.3. The van der Waals surface area contributed by atoms with Crippen LogP contribution in [0.25, 0.3) is 11.0 Å². The Balaban J connectivity index is 1.71. The van der Waals surface area contributed by atoms with E-state index in [1.165, 1.54) is 31.7 Å². The van der Waals surface area contributed by atoms with Crippen LogP contribution in [-0.4, -0.2) is 21.0 Å². The van der Waals surface area contributed by atoms with E-state index in [1.54, 1.807) is 6.07 Å². The van der Waals surface area contributed by atoms with Crippen molar-refractivity contribution < 1.29 is 18.5 Å². The number of aromatic carboxylic acids is 1. The largest absolute Gasteiger partial charge is 0.475 e. The second-order valence-electron chi connectivity index (χ2n) is 5.69. The van der Waals surface area contributed by atoms with Crippen molar-refractivity contribution in [3.05, 3.63) is 35.6 Å². The lowest BCUT2D eigenvalue weighted by molar-refractivity contribution is 0.0665. The molecule has 1 heterocycles. The van der Waals surface area contributed by atoms with Gasteiger partial charge in [-0.25, -0.2) is 4.79 Å². The number of fused-ring (bicyclic) bond motifs is 1. The van der Waals surface area contributed by atoms with E-state index in [0.29, 0.717) is 17.3 Å². The van der Waals surface area contributed by atoms with Crippen LogP contribution in [0.3, 0.4) is 0 Å². The molecule has 1 aromatic heterocycles. The number of rotatable bonds is 5. The molecule has 0 aliphatic heterocycles. The summed E-state index contributed by atoms with van der Waals surface area (Å²) in [5.74, 6) is 0.790. The highest BCUT2D eigenvalue weighted by Gasteiger charge is 2.18. The maximum absolute atomic E-state index is 12.2. The molecule has 1 atom stereocenters. The second-order valence-corrected chi connectivity index (χ2v) is 7.19. The zero-order valence-corrected chi connectivity index (χ0v) is 12.5. The molecule has 0 saturated heterocycles. The van der Waals surface area contributed by atoms with Crippen molar-refractivity contribution in [3.63, 3.8) is 0 Å². The van der Waals surface area contributed by atoms with Gasteiger partial charge in [0.2, 0.25) is 5.76 Å². The van der Waals surface area contributed by atoms with Gasteiger partial charge in [0.25, 0.3) is 0 Å². The fourth-order valence-corrected chi connectivity index (χ4v) is 4.50. The van der Waals surface area contributed by atoms with Gasteiger partial charge in [0.05, 0.1) is 0 Å². The minimum Gasteiger partial charge on any atom is -0.475 e. The minimum absolute atomic E-state index is 0.0609. The Labute approximate surface area is 125 Å². The number of carbonyl (C=O) groups is 1. The van der Waals surface area contributed by atoms with Gasteiger partial charge in [0.15, 0.2) is 0 Å². The first-order chi connectivity index (χ1) is 10.1. The molecular weight excluding hydrogens is 288 g/mol. The van der Waals surface area contributed by atoms with Crippen molar-refractivity contribution in [1.29, 1.82) is 0 Å². The average Bonchev–Trinajstić information content (AvgIpc) is 3.06. The van der Waals surface area contributed by atoms with E-state index in [9.17, 15) is 9.00 Å². The van der Waals surface area contributed by atoms with Gasteiger partial charge in [0.1, 0.15) is 5.58 Å². The zero-order valence-electron chi connectivity index (χ0n) is 11.7. The lowest BCUT2D eigenvalue weighted by atomic mass is 10.1. The molecule has 0 spiro atoms. The fraction of sp³-hybridized carbons (Fsp3) is 0.438. The Morgan fingerprint density at radius 3 is 2.76 bits per heavy atom. The number of carboxylic acid groups (broad SMARTS) is 1. The predicted molar refractivity (Wildman–Crippen MR) is 81.8 cm³/mol. The highest BCUT2D eigenvalue weighted by atomic mass is 32.2. The lowest BCUT2D eigenvalue weighted by Gasteiger charge is -2.08. The van der Waals surface area contributed by atoms with Gasteiger partial charge in [-0.2, -0.15) is 0 Å². The summed E-state index contributed by atoms with van der Waals surface area (Å²) in [6.07, 6.45) is 4.94. The van der Waals surface area contributed by atoms with Gasteiger partial charge in [0, 0.05) is 27.7 Å². The van der Waals surface area contributed by atoms with Gasteiger partial charge in [-0.15, -0.1) is 0 Å². The summed E-state index contributed by atoms with van der Waals surface area (Å²) in [6.45, 7) is 0. The van der Waals surface area contributed by atoms with Crippen molar-refractivity contribution in [3.8, 4) is 0 Å². The van der Waals surface area contributed by atoms with Crippen LogP contribution in [0.1, 0.15) is 41.8 Å². The molecule has 0 bridgehead atoms. The van der Waals surface area contributed by atoms with Crippen LogP contribution in [0.2, 0.25) is 0 Å².